The van der Waals surface area contributed by atoms with Crippen molar-refractivity contribution in [3.63, 3.8) is 0 Å². The molecule has 16 heavy (non-hydrogen) atoms. The summed E-state index contributed by atoms with van der Waals surface area (Å²) in [6.07, 6.45) is 4.73. The van der Waals surface area contributed by atoms with Gasteiger partial charge in [0.05, 0.1) is 0 Å². The van der Waals surface area contributed by atoms with Crippen molar-refractivity contribution in [2.75, 3.05) is 6.61 Å². The summed E-state index contributed by atoms with van der Waals surface area (Å²) in [5, 5.41) is 0.928. The number of hydrogen-bond acceptors (Lipinski definition) is 3. The van der Waals surface area contributed by atoms with Crippen molar-refractivity contribution in [1.29, 1.82) is 0 Å². The predicted octanol–water partition coefficient (Wildman–Crippen LogP) is 2.28. The van der Waals surface area contributed by atoms with E-state index in [1.807, 2.05) is 24.3 Å². The van der Waals surface area contributed by atoms with Gasteiger partial charge in [-0.2, -0.15) is 0 Å². The van der Waals surface area contributed by atoms with Crippen LogP contribution in [0.25, 0.3) is 11.0 Å². The van der Waals surface area contributed by atoms with Gasteiger partial charge < -0.3 is 9.15 Å². The molecule has 1 aliphatic heterocycles. The molecule has 1 aromatic heterocycles. The van der Waals surface area contributed by atoms with E-state index in [1.165, 1.54) is 6.07 Å². The summed E-state index contributed by atoms with van der Waals surface area (Å²) in [6.45, 7) is 0.565. The van der Waals surface area contributed by atoms with Crippen LogP contribution in [0.5, 0.6) is 5.75 Å². The summed E-state index contributed by atoms with van der Waals surface area (Å²) < 4.78 is 10.8. The summed E-state index contributed by atoms with van der Waals surface area (Å²) in [7, 11) is 0. The zero-order valence-corrected chi connectivity index (χ0v) is 8.60. The first-order chi connectivity index (χ1) is 7.84. The van der Waals surface area contributed by atoms with Crippen LogP contribution < -0.4 is 10.4 Å². The van der Waals surface area contributed by atoms with Gasteiger partial charge in [0.25, 0.3) is 0 Å². The molecule has 0 fully saturated rings. The van der Waals surface area contributed by atoms with Gasteiger partial charge in [-0.3, -0.25) is 0 Å². The van der Waals surface area contributed by atoms with Gasteiger partial charge in [-0.05, 0) is 24.6 Å². The first-order valence-electron chi connectivity index (χ1n) is 5.18. The Kier molecular flexibility index (Phi) is 2.03. The third kappa shape index (κ3) is 1.41. The Balaban J connectivity index is 2.36. The molecular formula is C13H10O3. The van der Waals surface area contributed by atoms with Crippen molar-refractivity contribution in [3.05, 3.63) is 52.4 Å². The summed E-state index contributed by atoms with van der Waals surface area (Å²) in [5.41, 5.74) is 1.26. The normalized spacial score (nSPS) is 14.2. The fourth-order valence-electron chi connectivity index (χ4n) is 1.91. The molecule has 0 saturated heterocycles. The molecule has 3 heteroatoms. The van der Waals surface area contributed by atoms with E-state index in [0.29, 0.717) is 12.2 Å². The van der Waals surface area contributed by atoms with Crippen molar-refractivity contribution in [2.24, 2.45) is 0 Å². The molecule has 0 amide bonds. The van der Waals surface area contributed by atoms with Crippen LogP contribution in [0.15, 0.2) is 45.6 Å². The van der Waals surface area contributed by atoms with Crippen LogP contribution in [-0.2, 0) is 6.42 Å². The molecule has 0 bridgehead atoms. The van der Waals surface area contributed by atoms with Gasteiger partial charge in [-0.25, -0.2) is 4.79 Å². The first kappa shape index (κ1) is 9.21. The minimum Gasteiger partial charge on any atom is -0.489 e. The van der Waals surface area contributed by atoms with Crippen LogP contribution in [0, 0.1) is 0 Å². The maximum atomic E-state index is 11.2. The average molecular weight is 214 g/mol. The number of allylic oxidation sites excluding steroid dienone is 1. The van der Waals surface area contributed by atoms with Crippen molar-refractivity contribution in [3.8, 4) is 5.75 Å². The average Bonchev–Trinajstić information content (AvgIpc) is 2.54. The Morgan fingerprint density at radius 1 is 1.06 bits per heavy atom. The van der Waals surface area contributed by atoms with Crippen LogP contribution in [-0.4, -0.2) is 6.61 Å². The van der Waals surface area contributed by atoms with E-state index in [0.717, 1.165) is 23.1 Å². The second-order valence-electron chi connectivity index (χ2n) is 3.70. The highest BCUT2D eigenvalue weighted by Gasteiger charge is 2.11. The lowest BCUT2D eigenvalue weighted by atomic mass is 10.1. The van der Waals surface area contributed by atoms with Gasteiger partial charge in [0, 0.05) is 17.0 Å². The van der Waals surface area contributed by atoms with Crippen molar-refractivity contribution >= 4 is 11.0 Å². The molecule has 0 atom stereocenters. The van der Waals surface area contributed by atoms with Gasteiger partial charge in [0.15, 0.2) is 0 Å². The molecule has 0 radical (unpaired) electrons. The highest BCUT2D eigenvalue weighted by molar-refractivity contribution is 5.82. The lowest BCUT2D eigenvalue weighted by Gasteiger charge is -2.08. The lowest BCUT2D eigenvalue weighted by molar-refractivity contribution is 0.362. The van der Waals surface area contributed by atoms with E-state index >= 15 is 0 Å². The van der Waals surface area contributed by atoms with E-state index in [9.17, 15) is 4.79 Å². The van der Waals surface area contributed by atoms with Crippen LogP contribution in [0.2, 0.25) is 0 Å². The van der Waals surface area contributed by atoms with Crippen LogP contribution in [0.3, 0.4) is 0 Å². The van der Waals surface area contributed by atoms with E-state index in [-0.39, 0.29) is 5.63 Å². The quantitative estimate of drug-likeness (QED) is 0.499. The third-order valence-electron chi connectivity index (χ3n) is 2.67. The Bertz CT molecular complexity index is 623. The van der Waals surface area contributed by atoms with Crippen molar-refractivity contribution in [1.82, 2.24) is 0 Å². The Morgan fingerprint density at radius 2 is 1.94 bits per heavy atom. The molecule has 0 aliphatic carbocycles. The van der Waals surface area contributed by atoms with Gasteiger partial charge in [0.1, 0.15) is 17.9 Å². The molecule has 0 saturated carbocycles. The fourth-order valence-corrected chi connectivity index (χ4v) is 1.91. The predicted molar refractivity (Wildman–Crippen MR) is 60.8 cm³/mol. The topological polar surface area (TPSA) is 39.4 Å². The molecule has 0 N–H and O–H groups in total. The molecule has 3 nitrogen and oxygen atoms in total. The van der Waals surface area contributed by atoms with Crippen molar-refractivity contribution < 1.29 is 9.15 Å². The van der Waals surface area contributed by atoms with Gasteiger partial charge in [0.2, 0.25) is 0 Å². The van der Waals surface area contributed by atoms with E-state index < -0.39 is 0 Å². The second kappa shape index (κ2) is 3.52. The van der Waals surface area contributed by atoms with E-state index in [4.69, 9.17) is 9.15 Å². The molecule has 0 unspecified atom stereocenters. The van der Waals surface area contributed by atoms with Gasteiger partial charge >= 0.3 is 5.63 Å². The SMILES string of the molecule is O=c1ccc2ccc3c(c2o1)CC=CCO3. The number of ether oxygens (including phenoxy) is 1. The molecule has 2 heterocycles. The number of hydrogen-bond donors (Lipinski definition) is 0. The third-order valence-corrected chi connectivity index (χ3v) is 2.67. The Labute approximate surface area is 92.0 Å². The molecule has 2 aromatic rings. The summed E-state index contributed by atoms with van der Waals surface area (Å²) in [4.78, 5) is 11.2. The highest BCUT2D eigenvalue weighted by Crippen LogP contribution is 2.29. The lowest BCUT2D eigenvalue weighted by Crippen LogP contribution is -1.99. The molecule has 3 rings (SSSR count). The largest absolute Gasteiger partial charge is 0.489 e. The standard InChI is InChI=1S/C13H10O3/c14-12-7-5-9-4-6-11-10(13(9)16-12)3-1-2-8-15-11/h1-2,4-7H,3,8H2. The molecule has 80 valence electrons. The Morgan fingerprint density at radius 3 is 2.88 bits per heavy atom. The second-order valence-corrected chi connectivity index (χ2v) is 3.70. The molecule has 1 aromatic carbocycles. The van der Waals surface area contributed by atoms with Gasteiger partial charge in [-0.1, -0.05) is 12.2 Å². The first-order valence-corrected chi connectivity index (χ1v) is 5.18. The van der Waals surface area contributed by atoms with Gasteiger partial charge in [-0.15, -0.1) is 0 Å². The van der Waals surface area contributed by atoms with Crippen LogP contribution in [0.1, 0.15) is 5.56 Å². The zero-order chi connectivity index (χ0) is 11.0. The molecule has 1 aliphatic rings. The molecular weight excluding hydrogens is 204 g/mol. The summed E-state index contributed by atoms with van der Waals surface area (Å²) in [5.74, 6) is 0.798. The summed E-state index contributed by atoms with van der Waals surface area (Å²) >= 11 is 0. The molecule has 0 spiro atoms. The number of rotatable bonds is 0. The van der Waals surface area contributed by atoms with E-state index in [1.54, 1.807) is 6.07 Å². The van der Waals surface area contributed by atoms with Crippen LogP contribution >= 0.6 is 0 Å². The maximum Gasteiger partial charge on any atom is 0.336 e. The minimum atomic E-state index is -0.325. The van der Waals surface area contributed by atoms with Crippen molar-refractivity contribution in [2.45, 2.75) is 6.42 Å². The number of benzene rings is 1. The monoisotopic (exact) mass is 214 g/mol. The number of fused-ring (bicyclic) bond motifs is 3. The minimum absolute atomic E-state index is 0.325. The smallest absolute Gasteiger partial charge is 0.336 e. The van der Waals surface area contributed by atoms with Crippen LogP contribution in [0.4, 0.5) is 0 Å². The Hall–Kier alpha value is -2.03. The zero-order valence-electron chi connectivity index (χ0n) is 8.60. The van der Waals surface area contributed by atoms with E-state index in [2.05, 4.69) is 0 Å². The summed E-state index contributed by atoms with van der Waals surface area (Å²) in [6, 6.07) is 7.03. The highest BCUT2D eigenvalue weighted by atomic mass is 16.5. The fraction of sp³-hybridized carbons (Fsp3) is 0.154. The maximum absolute atomic E-state index is 11.2.